The molecule has 33 heavy (non-hydrogen) atoms. The van der Waals surface area contributed by atoms with Gasteiger partial charge in [-0.25, -0.2) is 4.98 Å². The van der Waals surface area contributed by atoms with E-state index in [1.54, 1.807) is 36.4 Å². The minimum Gasteiger partial charge on any atom is -0.507 e. The predicted octanol–water partition coefficient (Wildman–Crippen LogP) is 6.06. The van der Waals surface area contributed by atoms with Crippen molar-refractivity contribution in [2.75, 3.05) is 12.4 Å². The number of phenols is 1. The molecule has 0 fully saturated rings. The van der Waals surface area contributed by atoms with Crippen molar-refractivity contribution in [3.8, 4) is 23.0 Å². The van der Waals surface area contributed by atoms with E-state index in [1.807, 2.05) is 13.0 Å². The van der Waals surface area contributed by atoms with E-state index in [4.69, 9.17) is 33.0 Å². The summed E-state index contributed by atoms with van der Waals surface area (Å²) in [5, 5.41) is 16.6. The number of oxazole rings is 1. The van der Waals surface area contributed by atoms with Crippen LogP contribution in [0.5, 0.6) is 11.5 Å². The number of amides is 1. The molecule has 3 aromatic carbocycles. The lowest BCUT2D eigenvalue weighted by atomic mass is 10.1. The third-order valence-electron chi connectivity index (χ3n) is 4.75. The number of carbonyl (C=O) groups is 1. The fourth-order valence-corrected chi connectivity index (χ4v) is 4.26. The Labute approximate surface area is 207 Å². The van der Waals surface area contributed by atoms with Crippen molar-refractivity contribution in [3.63, 3.8) is 0 Å². The summed E-state index contributed by atoms with van der Waals surface area (Å²) in [6.45, 7) is 1.84. The number of rotatable bonds is 4. The molecule has 1 amide bonds. The smallest absolute Gasteiger partial charge is 0.261 e. The maximum atomic E-state index is 12.7. The van der Waals surface area contributed by atoms with E-state index < -0.39 is 5.91 Å². The van der Waals surface area contributed by atoms with E-state index in [9.17, 15) is 9.90 Å². The van der Waals surface area contributed by atoms with Gasteiger partial charge in [0, 0.05) is 21.2 Å². The summed E-state index contributed by atoms with van der Waals surface area (Å²) in [6.07, 6.45) is 0. The fraction of sp³-hybridized carbons (Fsp3) is 0.0870. The van der Waals surface area contributed by atoms with Crippen LogP contribution >= 0.6 is 39.7 Å². The summed E-state index contributed by atoms with van der Waals surface area (Å²) in [5.74, 6) is 0.209. The first-order valence-electron chi connectivity index (χ1n) is 9.61. The molecule has 0 spiro atoms. The maximum Gasteiger partial charge on any atom is 0.261 e. The van der Waals surface area contributed by atoms with Crippen molar-refractivity contribution in [2.24, 2.45) is 0 Å². The van der Waals surface area contributed by atoms with Gasteiger partial charge >= 0.3 is 0 Å². The molecule has 0 saturated heterocycles. The number of anilines is 1. The normalized spacial score (nSPS) is 10.8. The zero-order valence-electron chi connectivity index (χ0n) is 17.4. The lowest BCUT2D eigenvalue weighted by Crippen LogP contribution is -2.34. The Kier molecular flexibility index (Phi) is 6.55. The summed E-state index contributed by atoms with van der Waals surface area (Å²) in [4.78, 5) is 17.1. The lowest BCUT2D eigenvalue weighted by Gasteiger charge is -2.14. The number of phenolic OH excluding ortho intramolecular Hbond substituents is 1. The summed E-state index contributed by atoms with van der Waals surface area (Å²) < 4.78 is 11.8. The van der Waals surface area contributed by atoms with Crippen molar-refractivity contribution in [1.29, 1.82) is 0 Å². The number of nitrogens with zero attached hydrogens (tertiary/aromatic N) is 1. The molecule has 0 atom stereocenters. The number of fused-ring (bicyclic) bond motifs is 1. The van der Waals surface area contributed by atoms with Crippen LogP contribution in [-0.4, -0.2) is 28.2 Å². The molecule has 0 saturated carbocycles. The Morgan fingerprint density at radius 2 is 2.00 bits per heavy atom. The molecular formula is C23H17BrClN3O4S. The number of carbonyl (C=O) groups excluding carboxylic acids is 1. The van der Waals surface area contributed by atoms with Gasteiger partial charge in [-0.05, 0) is 67.2 Å². The summed E-state index contributed by atoms with van der Waals surface area (Å²) in [7, 11) is 1.50. The van der Waals surface area contributed by atoms with Crippen LogP contribution in [0.3, 0.4) is 0 Å². The van der Waals surface area contributed by atoms with Gasteiger partial charge in [0.1, 0.15) is 17.0 Å². The Balaban J connectivity index is 1.50. The van der Waals surface area contributed by atoms with Crippen molar-refractivity contribution in [2.45, 2.75) is 6.92 Å². The molecule has 168 valence electrons. The highest BCUT2D eigenvalue weighted by Crippen LogP contribution is 2.34. The number of methoxy groups -OCH3 is 1. The van der Waals surface area contributed by atoms with Gasteiger partial charge in [-0.1, -0.05) is 27.5 Å². The first-order valence-corrected chi connectivity index (χ1v) is 11.2. The number of aromatic hydroxyl groups is 1. The van der Waals surface area contributed by atoms with E-state index >= 15 is 0 Å². The SMILES string of the molecule is COc1c(C)cc(Br)cc1C(=O)NC(=S)Nc1ccc(-c2nc3cc(Cl)ccc3o2)c(O)c1. The number of ether oxygens (including phenoxy) is 1. The standard InChI is InChI=1S/C23H17BrClN3O4S/c1-11-7-12(24)8-16(20(11)31-2)21(30)28-23(33)26-14-4-5-15(18(29)10-14)22-27-17-9-13(25)3-6-19(17)32-22/h3-10,29H,1-2H3,(H2,26,28,30,33). The van der Waals surface area contributed by atoms with Crippen LogP contribution < -0.4 is 15.4 Å². The van der Waals surface area contributed by atoms with Gasteiger partial charge in [0.25, 0.3) is 5.91 Å². The zero-order chi connectivity index (χ0) is 23.7. The third kappa shape index (κ3) is 4.95. The first kappa shape index (κ1) is 23.0. The molecule has 0 radical (unpaired) electrons. The largest absolute Gasteiger partial charge is 0.507 e. The van der Waals surface area contributed by atoms with Crippen LogP contribution in [0.25, 0.3) is 22.6 Å². The molecule has 3 N–H and O–H groups in total. The van der Waals surface area contributed by atoms with Crippen LogP contribution in [0, 0.1) is 6.92 Å². The molecule has 7 nitrogen and oxygen atoms in total. The summed E-state index contributed by atoms with van der Waals surface area (Å²) in [5.41, 5.74) is 3.15. The van der Waals surface area contributed by atoms with Gasteiger partial charge in [-0.3, -0.25) is 10.1 Å². The summed E-state index contributed by atoms with van der Waals surface area (Å²) in [6, 6.07) is 13.4. The number of halogens is 2. The molecule has 0 aliphatic carbocycles. The fourth-order valence-electron chi connectivity index (χ4n) is 3.31. The third-order valence-corrected chi connectivity index (χ3v) is 5.65. The molecular weight excluding hydrogens is 530 g/mol. The molecule has 1 aromatic heterocycles. The predicted molar refractivity (Wildman–Crippen MR) is 135 cm³/mol. The van der Waals surface area contributed by atoms with Crippen molar-refractivity contribution >= 4 is 67.6 Å². The minimum absolute atomic E-state index is 0.0586. The van der Waals surface area contributed by atoms with E-state index in [2.05, 4.69) is 31.5 Å². The number of hydrogen-bond donors (Lipinski definition) is 3. The van der Waals surface area contributed by atoms with E-state index in [0.717, 1.165) is 10.0 Å². The molecule has 4 rings (SSSR count). The topological polar surface area (TPSA) is 96.6 Å². The molecule has 0 aliphatic heterocycles. The highest BCUT2D eigenvalue weighted by atomic mass is 79.9. The number of thiocarbonyl (C=S) groups is 1. The molecule has 0 unspecified atom stereocenters. The van der Waals surface area contributed by atoms with Crippen LogP contribution in [0.4, 0.5) is 5.69 Å². The Morgan fingerprint density at radius 3 is 2.73 bits per heavy atom. The molecule has 4 aromatic rings. The monoisotopic (exact) mass is 545 g/mol. The molecule has 0 bridgehead atoms. The van der Waals surface area contributed by atoms with Crippen LogP contribution in [0.15, 0.2) is 57.4 Å². The average molecular weight is 547 g/mol. The van der Waals surface area contributed by atoms with E-state index in [0.29, 0.717) is 38.7 Å². The molecule has 0 aliphatic rings. The number of nitrogens with one attached hydrogen (secondary N) is 2. The second kappa shape index (κ2) is 9.38. The quantitative estimate of drug-likeness (QED) is 0.268. The van der Waals surface area contributed by atoms with Gasteiger partial charge in [0.05, 0.1) is 18.2 Å². The number of aromatic nitrogens is 1. The Morgan fingerprint density at radius 1 is 1.21 bits per heavy atom. The summed E-state index contributed by atoms with van der Waals surface area (Å²) >= 11 is 14.6. The highest BCUT2D eigenvalue weighted by Gasteiger charge is 2.18. The minimum atomic E-state index is -0.431. The zero-order valence-corrected chi connectivity index (χ0v) is 20.6. The second-order valence-electron chi connectivity index (χ2n) is 7.07. The highest BCUT2D eigenvalue weighted by molar-refractivity contribution is 9.10. The van der Waals surface area contributed by atoms with Crippen LogP contribution in [-0.2, 0) is 0 Å². The maximum absolute atomic E-state index is 12.7. The second-order valence-corrected chi connectivity index (χ2v) is 8.84. The van der Waals surface area contributed by atoms with Gasteiger partial charge < -0.3 is 19.6 Å². The van der Waals surface area contributed by atoms with Gasteiger partial charge in [-0.2, -0.15) is 0 Å². The average Bonchev–Trinajstić information content (AvgIpc) is 3.16. The number of hydrogen-bond acceptors (Lipinski definition) is 6. The van der Waals surface area contributed by atoms with Gasteiger partial charge in [0.2, 0.25) is 5.89 Å². The van der Waals surface area contributed by atoms with Crippen molar-refractivity contribution in [3.05, 3.63) is 69.2 Å². The van der Waals surface area contributed by atoms with E-state index in [-0.39, 0.29) is 16.8 Å². The van der Waals surface area contributed by atoms with Crippen molar-refractivity contribution in [1.82, 2.24) is 10.3 Å². The van der Waals surface area contributed by atoms with Crippen LogP contribution in [0.2, 0.25) is 5.02 Å². The molecule has 1 heterocycles. The number of benzene rings is 3. The Hall–Kier alpha value is -3.14. The Bertz CT molecular complexity index is 1410. The number of aryl methyl sites for hydroxylation is 1. The first-order chi connectivity index (χ1) is 15.7. The van der Waals surface area contributed by atoms with E-state index in [1.165, 1.54) is 13.2 Å². The van der Waals surface area contributed by atoms with Gasteiger partial charge in [0.15, 0.2) is 10.7 Å². The molecule has 10 heteroatoms. The lowest BCUT2D eigenvalue weighted by molar-refractivity contribution is 0.0974. The van der Waals surface area contributed by atoms with Crippen molar-refractivity contribution < 1.29 is 19.1 Å². The van der Waals surface area contributed by atoms with Gasteiger partial charge in [-0.15, -0.1) is 0 Å². The van der Waals surface area contributed by atoms with Crippen LogP contribution in [0.1, 0.15) is 15.9 Å².